The van der Waals surface area contributed by atoms with Gasteiger partial charge in [-0.3, -0.25) is 4.99 Å². The molecule has 0 saturated heterocycles. The Labute approximate surface area is 107 Å². The predicted octanol–water partition coefficient (Wildman–Crippen LogP) is 5.17. The molecule has 0 heterocycles. The van der Waals surface area contributed by atoms with E-state index in [1.807, 2.05) is 6.21 Å². The molecular formula is C16H27N. The van der Waals surface area contributed by atoms with Crippen molar-refractivity contribution in [2.45, 2.75) is 48.5 Å². The summed E-state index contributed by atoms with van der Waals surface area (Å²) in [6.45, 7) is 19.0. The van der Waals surface area contributed by atoms with E-state index in [2.05, 4.69) is 66.1 Å². The molecule has 0 amide bonds. The van der Waals surface area contributed by atoms with Gasteiger partial charge in [-0.15, -0.1) is 0 Å². The van der Waals surface area contributed by atoms with Crippen LogP contribution < -0.4 is 0 Å². The smallest absolute Gasteiger partial charge is 0.0357 e. The van der Waals surface area contributed by atoms with Gasteiger partial charge in [0.1, 0.15) is 0 Å². The van der Waals surface area contributed by atoms with Crippen molar-refractivity contribution in [2.24, 2.45) is 16.8 Å². The summed E-state index contributed by atoms with van der Waals surface area (Å²) < 4.78 is 0. The van der Waals surface area contributed by atoms with E-state index in [1.54, 1.807) is 0 Å². The fourth-order valence-corrected chi connectivity index (χ4v) is 1.05. The molecule has 0 bridgehead atoms. The molecule has 0 aromatic heterocycles. The van der Waals surface area contributed by atoms with Gasteiger partial charge >= 0.3 is 0 Å². The maximum absolute atomic E-state index is 4.39. The minimum absolute atomic E-state index is 0.410. The molecular weight excluding hydrogens is 206 g/mol. The minimum Gasteiger partial charge on any atom is -0.261 e. The van der Waals surface area contributed by atoms with Crippen LogP contribution in [-0.2, 0) is 0 Å². The Hall–Kier alpha value is -1.11. The van der Waals surface area contributed by atoms with Crippen LogP contribution in [0.2, 0.25) is 0 Å². The van der Waals surface area contributed by atoms with Gasteiger partial charge in [0.15, 0.2) is 0 Å². The first kappa shape index (κ1) is 15.9. The van der Waals surface area contributed by atoms with Gasteiger partial charge in [-0.1, -0.05) is 45.9 Å². The Kier molecular flexibility index (Phi) is 6.79. The highest BCUT2D eigenvalue weighted by Crippen LogP contribution is 2.14. The Morgan fingerprint density at radius 2 is 1.47 bits per heavy atom. The molecule has 0 aromatic rings. The first-order chi connectivity index (χ1) is 7.75. The molecule has 0 rings (SSSR count). The standard InChI is InChI=1S/C16H27N/c1-11(2)13(5)9-14(6)15(7)10-17-16(8)12(3)4/h9-12H,8H2,1-7H3/b13-9+,15-14+,17-10?. The van der Waals surface area contributed by atoms with Crippen molar-refractivity contribution in [1.82, 2.24) is 0 Å². The number of aliphatic imine (C=N–C) groups is 1. The summed E-state index contributed by atoms with van der Waals surface area (Å²) in [7, 11) is 0. The molecule has 96 valence electrons. The van der Waals surface area contributed by atoms with Crippen molar-refractivity contribution in [2.75, 3.05) is 0 Å². The molecule has 0 fully saturated rings. The first-order valence-electron chi connectivity index (χ1n) is 6.34. The monoisotopic (exact) mass is 233 g/mol. The van der Waals surface area contributed by atoms with E-state index in [9.17, 15) is 0 Å². The molecule has 0 unspecified atom stereocenters. The summed E-state index contributed by atoms with van der Waals surface area (Å²) in [4.78, 5) is 4.39. The molecule has 0 aliphatic carbocycles. The van der Waals surface area contributed by atoms with Crippen LogP contribution in [0.1, 0.15) is 48.5 Å². The van der Waals surface area contributed by atoms with Crippen LogP contribution in [0.25, 0.3) is 0 Å². The van der Waals surface area contributed by atoms with E-state index in [1.165, 1.54) is 16.7 Å². The molecule has 1 nitrogen and oxygen atoms in total. The van der Waals surface area contributed by atoms with E-state index >= 15 is 0 Å². The second kappa shape index (κ2) is 7.26. The van der Waals surface area contributed by atoms with Crippen molar-refractivity contribution < 1.29 is 0 Å². The van der Waals surface area contributed by atoms with Gasteiger partial charge in [-0.25, -0.2) is 0 Å². The Bertz CT molecular complexity index is 352. The number of allylic oxidation sites excluding steroid dienone is 5. The zero-order valence-corrected chi connectivity index (χ0v) is 12.5. The topological polar surface area (TPSA) is 12.4 Å². The fourth-order valence-electron chi connectivity index (χ4n) is 1.05. The zero-order chi connectivity index (χ0) is 13.6. The van der Waals surface area contributed by atoms with Crippen LogP contribution in [0.4, 0.5) is 0 Å². The van der Waals surface area contributed by atoms with Gasteiger partial charge < -0.3 is 0 Å². The van der Waals surface area contributed by atoms with Crippen LogP contribution in [0.5, 0.6) is 0 Å². The average Bonchev–Trinajstić information content (AvgIpc) is 2.24. The normalized spacial score (nSPS) is 14.8. The average molecular weight is 233 g/mol. The third-order valence-corrected chi connectivity index (χ3v) is 3.07. The van der Waals surface area contributed by atoms with Crippen molar-refractivity contribution >= 4 is 6.21 Å². The Balaban J connectivity index is 4.84. The third-order valence-electron chi connectivity index (χ3n) is 3.07. The van der Waals surface area contributed by atoms with Crippen LogP contribution in [-0.4, -0.2) is 6.21 Å². The molecule has 0 spiro atoms. The molecule has 0 atom stereocenters. The summed E-state index contributed by atoms with van der Waals surface area (Å²) in [5, 5.41) is 0. The molecule has 1 heteroatoms. The molecule has 0 aliphatic heterocycles. The molecule has 0 saturated carbocycles. The second-order valence-electron chi connectivity index (χ2n) is 5.31. The van der Waals surface area contributed by atoms with Crippen molar-refractivity contribution in [3.8, 4) is 0 Å². The summed E-state index contributed by atoms with van der Waals surface area (Å²) in [5.74, 6) is 1.01. The lowest BCUT2D eigenvalue weighted by Crippen LogP contribution is -1.93. The van der Waals surface area contributed by atoms with Gasteiger partial charge in [0.25, 0.3) is 0 Å². The highest BCUT2D eigenvalue weighted by molar-refractivity contribution is 5.80. The number of rotatable bonds is 5. The van der Waals surface area contributed by atoms with Crippen LogP contribution in [0.15, 0.2) is 40.1 Å². The van der Waals surface area contributed by atoms with Gasteiger partial charge in [0.2, 0.25) is 0 Å². The van der Waals surface area contributed by atoms with E-state index < -0.39 is 0 Å². The largest absolute Gasteiger partial charge is 0.261 e. The lowest BCUT2D eigenvalue weighted by molar-refractivity contribution is 0.763. The zero-order valence-electron chi connectivity index (χ0n) is 12.5. The van der Waals surface area contributed by atoms with Crippen molar-refractivity contribution in [1.29, 1.82) is 0 Å². The first-order valence-corrected chi connectivity index (χ1v) is 6.34. The Morgan fingerprint density at radius 1 is 0.941 bits per heavy atom. The predicted molar refractivity (Wildman–Crippen MR) is 79.4 cm³/mol. The lowest BCUT2D eigenvalue weighted by atomic mass is 10.0. The van der Waals surface area contributed by atoms with Gasteiger partial charge in [-0.2, -0.15) is 0 Å². The van der Waals surface area contributed by atoms with Crippen LogP contribution in [0.3, 0.4) is 0 Å². The highest BCUT2D eigenvalue weighted by atomic mass is 14.7. The molecule has 17 heavy (non-hydrogen) atoms. The number of nitrogens with zero attached hydrogens (tertiary/aromatic N) is 1. The molecule has 0 N–H and O–H groups in total. The van der Waals surface area contributed by atoms with Crippen LogP contribution in [0, 0.1) is 11.8 Å². The summed E-state index contributed by atoms with van der Waals surface area (Å²) in [6, 6.07) is 0. The Morgan fingerprint density at radius 3 is 1.88 bits per heavy atom. The summed E-state index contributed by atoms with van der Waals surface area (Å²) in [5.41, 5.74) is 4.81. The second-order valence-corrected chi connectivity index (χ2v) is 5.31. The molecule has 0 radical (unpaired) electrons. The van der Waals surface area contributed by atoms with Crippen molar-refractivity contribution in [3.05, 3.63) is 35.1 Å². The van der Waals surface area contributed by atoms with Gasteiger partial charge in [0.05, 0.1) is 0 Å². The van der Waals surface area contributed by atoms with Crippen molar-refractivity contribution in [3.63, 3.8) is 0 Å². The number of hydrogen-bond acceptors (Lipinski definition) is 1. The maximum Gasteiger partial charge on any atom is 0.0357 e. The fraction of sp³-hybridized carbons (Fsp3) is 0.562. The van der Waals surface area contributed by atoms with Gasteiger partial charge in [0, 0.05) is 11.9 Å². The minimum atomic E-state index is 0.410. The SMILES string of the molecule is C=C(N=C/C(C)=C(C)/C=C(\C)C(C)C)C(C)C. The molecule has 0 aromatic carbocycles. The van der Waals surface area contributed by atoms with E-state index in [-0.39, 0.29) is 0 Å². The van der Waals surface area contributed by atoms with Gasteiger partial charge in [-0.05, 0) is 43.8 Å². The summed E-state index contributed by atoms with van der Waals surface area (Å²) >= 11 is 0. The van der Waals surface area contributed by atoms with Crippen LogP contribution >= 0.6 is 0 Å². The van der Waals surface area contributed by atoms with E-state index in [0.717, 1.165) is 5.70 Å². The van der Waals surface area contributed by atoms with E-state index in [0.29, 0.717) is 11.8 Å². The highest BCUT2D eigenvalue weighted by Gasteiger charge is 1.99. The summed E-state index contributed by atoms with van der Waals surface area (Å²) in [6.07, 6.45) is 4.16. The maximum atomic E-state index is 4.39. The number of hydrogen-bond donors (Lipinski definition) is 0. The lowest BCUT2D eigenvalue weighted by Gasteiger charge is -2.07. The molecule has 0 aliphatic rings. The van der Waals surface area contributed by atoms with E-state index in [4.69, 9.17) is 0 Å². The third kappa shape index (κ3) is 6.25. The quantitative estimate of drug-likeness (QED) is 0.459.